The van der Waals surface area contributed by atoms with Crippen LogP contribution in [0.3, 0.4) is 0 Å². The first kappa shape index (κ1) is 11.1. The Morgan fingerprint density at radius 2 is 2.25 bits per heavy atom. The molecule has 2 rings (SSSR count). The minimum atomic E-state index is -0.824. The predicted molar refractivity (Wildman–Crippen MR) is 58.9 cm³/mol. The molecule has 0 bridgehead atoms. The number of carbonyl (C=O) groups is 1. The van der Waals surface area contributed by atoms with Crippen LogP contribution in [-0.4, -0.2) is 11.1 Å². The number of halogens is 1. The molecular formula is C13H15FO2. The Balaban J connectivity index is 2.43. The molecule has 0 amide bonds. The lowest BCUT2D eigenvalue weighted by atomic mass is 9.78. The van der Waals surface area contributed by atoms with Crippen molar-refractivity contribution in [1.29, 1.82) is 0 Å². The Morgan fingerprint density at radius 3 is 2.88 bits per heavy atom. The van der Waals surface area contributed by atoms with Gasteiger partial charge in [0, 0.05) is 5.92 Å². The van der Waals surface area contributed by atoms with Crippen molar-refractivity contribution in [1.82, 2.24) is 0 Å². The van der Waals surface area contributed by atoms with Crippen LogP contribution in [0.2, 0.25) is 0 Å². The molecule has 0 aromatic heterocycles. The van der Waals surface area contributed by atoms with Crippen molar-refractivity contribution in [3.05, 3.63) is 35.1 Å². The number of rotatable bonds is 2. The van der Waals surface area contributed by atoms with Crippen LogP contribution in [0, 0.1) is 11.2 Å². The third kappa shape index (κ3) is 1.82. The molecule has 0 aliphatic heterocycles. The van der Waals surface area contributed by atoms with Crippen LogP contribution in [0.15, 0.2) is 18.2 Å². The third-order valence-electron chi connectivity index (χ3n) is 3.45. The minimum absolute atomic E-state index is 0.0729. The molecule has 0 radical (unpaired) electrons. The van der Waals surface area contributed by atoms with E-state index in [9.17, 15) is 9.18 Å². The van der Waals surface area contributed by atoms with Gasteiger partial charge in [-0.05, 0) is 35.1 Å². The molecule has 1 aromatic rings. The molecule has 3 heteroatoms. The van der Waals surface area contributed by atoms with Gasteiger partial charge in [0.05, 0.1) is 6.42 Å². The molecular weight excluding hydrogens is 207 g/mol. The fourth-order valence-electron chi connectivity index (χ4n) is 2.65. The summed E-state index contributed by atoms with van der Waals surface area (Å²) in [4.78, 5) is 10.8. The predicted octanol–water partition coefficient (Wildman–Crippen LogP) is 2.97. The molecule has 1 unspecified atom stereocenters. The zero-order valence-electron chi connectivity index (χ0n) is 9.46. The molecule has 86 valence electrons. The lowest BCUT2D eigenvalue weighted by Gasteiger charge is -2.26. The Labute approximate surface area is 94.1 Å². The fraction of sp³-hybridized carbons (Fsp3) is 0.462. The Bertz CT molecular complexity index is 438. The molecule has 0 fully saturated rings. The largest absolute Gasteiger partial charge is 0.481 e. The average molecular weight is 222 g/mol. The molecule has 0 heterocycles. The zero-order valence-corrected chi connectivity index (χ0v) is 9.46. The number of fused-ring (bicyclic) bond motifs is 1. The Kier molecular flexibility index (Phi) is 2.49. The summed E-state index contributed by atoms with van der Waals surface area (Å²) in [7, 11) is 0. The second-order valence-electron chi connectivity index (χ2n) is 5.16. The highest BCUT2D eigenvalue weighted by Crippen LogP contribution is 2.48. The highest BCUT2D eigenvalue weighted by atomic mass is 19.1. The fourth-order valence-corrected chi connectivity index (χ4v) is 2.65. The molecule has 1 aliphatic rings. The highest BCUT2D eigenvalue weighted by molar-refractivity contribution is 5.68. The molecule has 0 saturated carbocycles. The van der Waals surface area contributed by atoms with E-state index in [-0.39, 0.29) is 23.6 Å². The van der Waals surface area contributed by atoms with Gasteiger partial charge in [0.1, 0.15) is 5.82 Å². The van der Waals surface area contributed by atoms with E-state index < -0.39 is 5.97 Å². The third-order valence-corrected chi connectivity index (χ3v) is 3.45. The smallest absolute Gasteiger partial charge is 0.303 e. The number of carboxylic acid groups (broad SMARTS) is 1. The first-order chi connectivity index (χ1) is 7.40. The van der Waals surface area contributed by atoms with E-state index in [1.54, 1.807) is 6.07 Å². The van der Waals surface area contributed by atoms with Crippen LogP contribution in [0.25, 0.3) is 0 Å². The van der Waals surface area contributed by atoms with E-state index in [1.165, 1.54) is 12.1 Å². The first-order valence-electron chi connectivity index (χ1n) is 5.40. The quantitative estimate of drug-likeness (QED) is 0.835. The van der Waals surface area contributed by atoms with Crippen molar-refractivity contribution in [3.63, 3.8) is 0 Å². The monoisotopic (exact) mass is 222 g/mol. The second-order valence-corrected chi connectivity index (χ2v) is 5.16. The number of carboxylic acids is 1. The van der Waals surface area contributed by atoms with Gasteiger partial charge >= 0.3 is 5.97 Å². The molecule has 1 N–H and O–H groups in total. The number of hydrogen-bond acceptors (Lipinski definition) is 1. The van der Waals surface area contributed by atoms with Crippen molar-refractivity contribution >= 4 is 5.97 Å². The summed E-state index contributed by atoms with van der Waals surface area (Å²) in [5.74, 6) is -1.20. The second kappa shape index (κ2) is 3.58. The van der Waals surface area contributed by atoms with E-state index >= 15 is 0 Å². The SMILES string of the molecule is CC1(C)Cc2ccc(F)cc2C1CC(=O)O. The van der Waals surface area contributed by atoms with Gasteiger partial charge in [-0.15, -0.1) is 0 Å². The lowest BCUT2D eigenvalue weighted by molar-refractivity contribution is -0.138. The van der Waals surface area contributed by atoms with E-state index in [2.05, 4.69) is 0 Å². The number of benzene rings is 1. The molecule has 1 atom stereocenters. The maximum absolute atomic E-state index is 13.2. The molecule has 0 spiro atoms. The summed E-state index contributed by atoms with van der Waals surface area (Å²) in [6.07, 6.45) is 0.893. The normalized spacial score (nSPS) is 21.8. The van der Waals surface area contributed by atoms with Crippen molar-refractivity contribution < 1.29 is 14.3 Å². The lowest BCUT2D eigenvalue weighted by Crippen LogP contribution is -2.20. The van der Waals surface area contributed by atoms with Gasteiger partial charge in [0.2, 0.25) is 0 Å². The molecule has 2 nitrogen and oxygen atoms in total. The van der Waals surface area contributed by atoms with Gasteiger partial charge in [-0.2, -0.15) is 0 Å². The standard InChI is InChI=1S/C13H15FO2/c1-13(2)7-8-3-4-9(14)5-10(8)11(13)6-12(15)16/h3-5,11H,6-7H2,1-2H3,(H,15,16). The first-order valence-corrected chi connectivity index (χ1v) is 5.40. The Hall–Kier alpha value is -1.38. The molecule has 0 saturated heterocycles. The molecule has 1 aromatic carbocycles. The zero-order chi connectivity index (χ0) is 11.9. The minimum Gasteiger partial charge on any atom is -0.481 e. The van der Waals surface area contributed by atoms with Crippen molar-refractivity contribution in [2.75, 3.05) is 0 Å². The summed E-state index contributed by atoms with van der Waals surface area (Å²) < 4.78 is 13.2. The summed E-state index contributed by atoms with van der Waals surface area (Å²) in [5, 5.41) is 8.91. The molecule has 16 heavy (non-hydrogen) atoms. The van der Waals surface area contributed by atoms with Gasteiger partial charge in [0.15, 0.2) is 0 Å². The van der Waals surface area contributed by atoms with Gasteiger partial charge in [-0.1, -0.05) is 19.9 Å². The van der Waals surface area contributed by atoms with Gasteiger partial charge < -0.3 is 5.11 Å². The number of aliphatic carboxylic acids is 1. The van der Waals surface area contributed by atoms with E-state index in [1.807, 2.05) is 13.8 Å². The van der Waals surface area contributed by atoms with Crippen molar-refractivity contribution in [3.8, 4) is 0 Å². The Morgan fingerprint density at radius 1 is 1.56 bits per heavy atom. The van der Waals surface area contributed by atoms with E-state index in [4.69, 9.17) is 5.11 Å². The maximum Gasteiger partial charge on any atom is 0.303 e. The summed E-state index contributed by atoms with van der Waals surface area (Å²) in [6.45, 7) is 4.08. The topological polar surface area (TPSA) is 37.3 Å². The summed E-state index contributed by atoms with van der Waals surface area (Å²) in [6, 6.07) is 4.70. The van der Waals surface area contributed by atoms with Gasteiger partial charge in [-0.25, -0.2) is 4.39 Å². The summed E-state index contributed by atoms with van der Waals surface area (Å²) in [5.41, 5.74) is 1.85. The van der Waals surface area contributed by atoms with Crippen LogP contribution in [0.1, 0.15) is 37.3 Å². The van der Waals surface area contributed by atoms with Crippen LogP contribution in [0.4, 0.5) is 4.39 Å². The van der Waals surface area contributed by atoms with Gasteiger partial charge in [0.25, 0.3) is 0 Å². The van der Waals surface area contributed by atoms with Gasteiger partial charge in [-0.3, -0.25) is 4.79 Å². The maximum atomic E-state index is 13.2. The van der Waals surface area contributed by atoms with Crippen molar-refractivity contribution in [2.24, 2.45) is 5.41 Å². The van der Waals surface area contributed by atoms with Crippen LogP contribution >= 0.6 is 0 Å². The van der Waals surface area contributed by atoms with E-state index in [0.29, 0.717) is 0 Å². The summed E-state index contributed by atoms with van der Waals surface area (Å²) >= 11 is 0. The average Bonchev–Trinajstić information content (AvgIpc) is 2.38. The highest BCUT2D eigenvalue weighted by Gasteiger charge is 2.39. The van der Waals surface area contributed by atoms with E-state index in [0.717, 1.165) is 17.5 Å². The molecule has 1 aliphatic carbocycles. The van der Waals surface area contributed by atoms with Crippen LogP contribution in [-0.2, 0) is 11.2 Å². The van der Waals surface area contributed by atoms with Crippen LogP contribution in [0.5, 0.6) is 0 Å². The van der Waals surface area contributed by atoms with Crippen molar-refractivity contribution in [2.45, 2.75) is 32.6 Å². The van der Waals surface area contributed by atoms with Crippen LogP contribution < -0.4 is 0 Å². The number of hydrogen-bond donors (Lipinski definition) is 1.